The molecule has 0 unspecified atom stereocenters. The zero-order valence-corrected chi connectivity index (χ0v) is 6.86. The molecule has 0 bridgehead atoms. The van der Waals surface area contributed by atoms with Gasteiger partial charge in [-0.3, -0.25) is 0 Å². The summed E-state index contributed by atoms with van der Waals surface area (Å²) in [5.41, 5.74) is 1.38. The predicted molar refractivity (Wildman–Crippen MR) is 34.7 cm³/mol. The minimum atomic E-state index is 0. The molecule has 0 spiro atoms. The molecule has 0 nitrogen and oxygen atoms in total. The minimum absolute atomic E-state index is 0. The van der Waals surface area contributed by atoms with E-state index in [1.165, 1.54) is 5.56 Å². The first-order chi connectivity index (χ1) is 3.93. The summed E-state index contributed by atoms with van der Waals surface area (Å²) in [7, 11) is 0. The van der Waals surface area contributed by atoms with Crippen molar-refractivity contribution < 1.29 is 18.6 Å². The molecule has 1 radical (unpaired) electrons. The summed E-state index contributed by atoms with van der Waals surface area (Å²) in [6.45, 7) is 2.15. The van der Waals surface area contributed by atoms with E-state index in [-0.39, 0.29) is 18.6 Å². The molecule has 1 heteroatoms. The van der Waals surface area contributed by atoms with Crippen molar-refractivity contribution in [2.75, 3.05) is 0 Å². The second-order valence-electron chi connectivity index (χ2n) is 1.76. The first kappa shape index (κ1) is 8.80. The van der Waals surface area contributed by atoms with Gasteiger partial charge in [-0.1, -0.05) is 13.3 Å². The Morgan fingerprint density at radius 1 is 1.33 bits per heavy atom. The van der Waals surface area contributed by atoms with E-state index >= 15 is 0 Å². The average Bonchev–Trinajstić information content (AvgIpc) is 1.90. The summed E-state index contributed by atoms with van der Waals surface area (Å²) in [5, 5.41) is 0. The largest absolute Gasteiger partial charge is 0.184 e. The second kappa shape index (κ2) is 4.66. The molecule has 0 fully saturated rings. The van der Waals surface area contributed by atoms with Crippen molar-refractivity contribution in [1.82, 2.24) is 0 Å². The van der Waals surface area contributed by atoms with Crippen LogP contribution in [0.3, 0.4) is 0 Å². The molecule has 0 aliphatic rings. The molecule has 47 valence electrons. The van der Waals surface area contributed by atoms with Crippen molar-refractivity contribution in [1.29, 1.82) is 0 Å². The van der Waals surface area contributed by atoms with Crippen molar-refractivity contribution in [3.8, 4) is 0 Å². The molecular formula is C8H9V-. The van der Waals surface area contributed by atoms with Crippen LogP contribution in [-0.2, 0) is 25.0 Å². The van der Waals surface area contributed by atoms with Gasteiger partial charge < -0.3 is 0 Å². The quantitative estimate of drug-likeness (QED) is 0.546. The Hall–Kier alpha value is -0.196. The minimum Gasteiger partial charge on any atom is -0.184 e. The van der Waals surface area contributed by atoms with Gasteiger partial charge in [0.2, 0.25) is 0 Å². The molecule has 1 aromatic carbocycles. The van der Waals surface area contributed by atoms with Gasteiger partial charge in [0.1, 0.15) is 0 Å². The van der Waals surface area contributed by atoms with E-state index in [0.717, 1.165) is 6.42 Å². The molecule has 1 aromatic rings. The average molecular weight is 156 g/mol. The van der Waals surface area contributed by atoms with E-state index in [2.05, 4.69) is 25.1 Å². The molecule has 0 amide bonds. The maximum absolute atomic E-state index is 2.97. The molecular weight excluding hydrogens is 147 g/mol. The van der Waals surface area contributed by atoms with Gasteiger partial charge in [-0.05, 0) is 0 Å². The second-order valence-corrected chi connectivity index (χ2v) is 1.76. The molecule has 0 heterocycles. The molecule has 0 N–H and O–H groups in total. The first-order valence-corrected chi connectivity index (χ1v) is 2.88. The van der Waals surface area contributed by atoms with Crippen LogP contribution >= 0.6 is 0 Å². The molecule has 0 aliphatic heterocycles. The molecule has 1 rings (SSSR count). The zero-order valence-electron chi connectivity index (χ0n) is 5.46. The van der Waals surface area contributed by atoms with E-state index in [1.807, 2.05) is 12.1 Å². The van der Waals surface area contributed by atoms with Gasteiger partial charge in [0.25, 0.3) is 0 Å². The van der Waals surface area contributed by atoms with Gasteiger partial charge in [0, 0.05) is 18.6 Å². The van der Waals surface area contributed by atoms with E-state index in [9.17, 15) is 0 Å². The van der Waals surface area contributed by atoms with Crippen molar-refractivity contribution in [3.05, 3.63) is 35.9 Å². The van der Waals surface area contributed by atoms with Gasteiger partial charge in [0.15, 0.2) is 0 Å². The van der Waals surface area contributed by atoms with Crippen LogP contribution in [0.25, 0.3) is 0 Å². The Morgan fingerprint density at radius 2 is 1.89 bits per heavy atom. The fraction of sp³-hybridized carbons (Fsp3) is 0.250. The Balaban J connectivity index is 0.000000640. The summed E-state index contributed by atoms with van der Waals surface area (Å²) in [6.07, 6.45) is 1.12. The Bertz CT molecular complexity index is 146. The molecule has 0 aliphatic carbocycles. The van der Waals surface area contributed by atoms with Crippen LogP contribution < -0.4 is 0 Å². The van der Waals surface area contributed by atoms with Crippen molar-refractivity contribution in [2.24, 2.45) is 0 Å². The summed E-state index contributed by atoms with van der Waals surface area (Å²) >= 11 is 0. The maximum Gasteiger partial charge on any atom is 0 e. The maximum atomic E-state index is 2.97. The third kappa shape index (κ3) is 2.74. The number of hydrogen-bond acceptors (Lipinski definition) is 0. The van der Waals surface area contributed by atoms with Crippen molar-refractivity contribution >= 4 is 0 Å². The van der Waals surface area contributed by atoms with Gasteiger partial charge >= 0.3 is 0 Å². The van der Waals surface area contributed by atoms with Gasteiger partial charge in [-0.15, -0.1) is 0 Å². The summed E-state index contributed by atoms with van der Waals surface area (Å²) in [6, 6.07) is 11.0. The summed E-state index contributed by atoms with van der Waals surface area (Å²) in [5.74, 6) is 0. The first-order valence-electron chi connectivity index (χ1n) is 2.88. The fourth-order valence-electron chi connectivity index (χ4n) is 0.657. The van der Waals surface area contributed by atoms with Crippen LogP contribution in [0.1, 0.15) is 12.5 Å². The number of rotatable bonds is 1. The Kier molecular flexibility index (Phi) is 4.56. The fourth-order valence-corrected chi connectivity index (χ4v) is 0.657. The third-order valence-electron chi connectivity index (χ3n) is 1.20. The standard InChI is InChI=1S/C8H9.V/c1-2-8-6-4-3-5-7-8;/h4-7H,2H2,1H3;/q-1;. The van der Waals surface area contributed by atoms with Crippen LogP contribution in [0.5, 0.6) is 0 Å². The smallest absolute Gasteiger partial charge is 0 e. The monoisotopic (exact) mass is 156 g/mol. The zero-order chi connectivity index (χ0) is 5.82. The number of hydrogen-bond donors (Lipinski definition) is 0. The molecule has 9 heavy (non-hydrogen) atoms. The molecule has 0 saturated heterocycles. The van der Waals surface area contributed by atoms with E-state index in [0.29, 0.717) is 0 Å². The van der Waals surface area contributed by atoms with Crippen LogP contribution in [-0.4, -0.2) is 0 Å². The van der Waals surface area contributed by atoms with Crippen molar-refractivity contribution in [2.45, 2.75) is 13.3 Å². The van der Waals surface area contributed by atoms with Gasteiger partial charge in [-0.2, -0.15) is 35.9 Å². The van der Waals surface area contributed by atoms with E-state index < -0.39 is 0 Å². The van der Waals surface area contributed by atoms with Crippen LogP contribution in [0.4, 0.5) is 0 Å². The summed E-state index contributed by atoms with van der Waals surface area (Å²) < 4.78 is 0. The van der Waals surface area contributed by atoms with Crippen molar-refractivity contribution in [3.63, 3.8) is 0 Å². The SMILES string of the molecule is CCc1cc[c-]cc1.[V]. The number of aryl methyl sites for hydroxylation is 1. The molecule has 0 atom stereocenters. The molecule has 0 saturated carbocycles. The van der Waals surface area contributed by atoms with E-state index in [1.54, 1.807) is 0 Å². The normalized spacial score (nSPS) is 8.11. The van der Waals surface area contributed by atoms with E-state index in [4.69, 9.17) is 0 Å². The third-order valence-corrected chi connectivity index (χ3v) is 1.20. The topological polar surface area (TPSA) is 0 Å². The Morgan fingerprint density at radius 3 is 2.22 bits per heavy atom. The van der Waals surface area contributed by atoms with Crippen LogP contribution in [0.15, 0.2) is 24.3 Å². The van der Waals surface area contributed by atoms with Gasteiger partial charge in [-0.25, -0.2) is 0 Å². The Labute approximate surface area is 68.2 Å². The van der Waals surface area contributed by atoms with Crippen LogP contribution in [0.2, 0.25) is 0 Å². The van der Waals surface area contributed by atoms with Crippen LogP contribution in [0, 0.1) is 6.07 Å². The number of benzene rings is 1. The summed E-state index contributed by atoms with van der Waals surface area (Å²) in [4.78, 5) is 0. The van der Waals surface area contributed by atoms with Gasteiger partial charge in [0.05, 0.1) is 0 Å². The molecule has 0 aromatic heterocycles. The predicted octanol–water partition coefficient (Wildman–Crippen LogP) is 2.05.